The van der Waals surface area contributed by atoms with Crippen LogP contribution in [0.3, 0.4) is 0 Å². The molecule has 0 aromatic carbocycles. The lowest BCUT2D eigenvalue weighted by Crippen LogP contribution is -2.49. The van der Waals surface area contributed by atoms with Crippen LogP contribution in [0.2, 0.25) is 0 Å². The van der Waals surface area contributed by atoms with Crippen LogP contribution in [0.4, 0.5) is 19.2 Å². The summed E-state index contributed by atoms with van der Waals surface area (Å²) in [4.78, 5) is 69.6. The lowest BCUT2D eigenvalue weighted by atomic mass is 9.92. The topological polar surface area (TPSA) is 202 Å². The summed E-state index contributed by atoms with van der Waals surface area (Å²) in [5, 5.41) is 7.80. The molecule has 250 valence electrons. The van der Waals surface area contributed by atoms with Crippen molar-refractivity contribution in [2.24, 2.45) is 15.4 Å². The molecule has 44 heavy (non-hydrogen) atoms. The van der Waals surface area contributed by atoms with Crippen LogP contribution in [0.1, 0.15) is 82.1 Å². The predicted molar refractivity (Wildman–Crippen MR) is 158 cm³/mol. The molecule has 0 bridgehead atoms. The Morgan fingerprint density at radius 2 is 1.36 bits per heavy atom. The Bertz CT molecular complexity index is 1100. The normalized spacial score (nSPS) is 16.4. The van der Waals surface area contributed by atoms with Gasteiger partial charge < -0.3 is 33.7 Å². The molecular weight excluding hydrogens is 582 g/mol. The Morgan fingerprint density at radius 3 is 1.84 bits per heavy atom. The van der Waals surface area contributed by atoms with E-state index in [1.165, 1.54) is 14.0 Å². The minimum absolute atomic E-state index is 0.0102. The van der Waals surface area contributed by atoms with Crippen LogP contribution >= 0.6 is 0 Å². The number of amidine groups is 1. The van der Waals surface area contributed by atoms with Crippen LogP contribution in [-0.4, -0.2) is 91.9 Å². The zero-order chi connectivity index (χ0) is 33.9. The molecular formula is C28H47N5O11. The van der Waals surface area contributed by atoms with Gasteiger partial charge in [0.2, 0.25) is 5.96 Å². The van der Waals surface area contributed by atoms with Gasteiger partial charge in [0, 0.05) is 13.5 Å². The highest BCUT2D eigenvalue weighted by Gasteiger charge is 2.43. The number of ether oxygens (including phenoxy) is 6. The summed E-state index contributed by atoms with van der Waals surface area (Å²) in [5.74, 6) is -0.819. The Kier molecular flexibility index (Phi) is 13.4. The average molecular weight is 630 g/mol. The van der Waals surface area contributed by atoms with E-state index in [1.54, 1.807) is 62.3 Å². The van der Waals surface area contributed by atoms with Crippen LogP contribution in [0.25, 0.3) is 0 Å². The molecule has 1 heterocycles. The van der Waals surface area contributed by atoms with Crippen LogP contribution in [0.15, 0.2) is 9.98 Å². The molecule has 16 nitrogen and oxygen atoms in total. The minimum Gasteiger partial charge on any atom is -0.460 e. The lowest BCUT2D eigenvalue weighted by Gasteiger charge is -2.31. The highest BCUT2D eigenvalue weighted by molar-refractivity contribution is 6.00. The van der Waals surface area contributed by atoms with Gasteiger partial charge in [0.15, 0.2) is 0 Å². The molecule has 1 atom stereocenters. The number of hydrogen-bond donors (Lipinski definition) is 3. The molecule has 16 heteroatoms. The lowest BCUT2D eigenvalue weighted by molar-refractivity contribution is -0.171. The van der Waals surface area contributed by atoms with E-state index in [0.29, 0.717) is 0 Å². The number of nitrogens with one attached hydrogen (secondary N) is 3. The highest BCUT2D eigenvalue weighted by atomic mass is 16.7. The number of alkyl carbamates (subject to hydrolysis) is 2. The third-order valence-corrected chi connectivity index (χ3v) is 5.09. The van der Waals surface area contributed by atoms with Gasteiger partial charge in [-0.05, 0) is 75.7 Å². The third-order valence-electron chi connectivity index (χ3n) is 5.09. The van der Waals surface area contributed by atoms with Crippen molar-refractivity contribution >= 4 is 42.2 Å². The first-order valence-corrected chi connectivity index (χ1v) is 14.0. The van der Waals surface area contributed by atoms with Crippen molar-refractivity contribution in [2.45, 2.75) is 105 Å². The molecule has 3 N–H and O–H groups in total. The van der Waals surface area contributed by atoms with Crippen LogP contribution < -0.4 is 16.0 Å². The number of guanidine groups is 1. The Morgan fingerprint density at radius 1 is 0.864 bits per heavy atom. The standard InChI is InChI=1S/C28H47N5O11/c1-25(2,3)42-21(35)31-18(32-22(36)43-26(4,5)6)13-12-17(41-19(34)28(10)15-39-24(38)40-16-28)14-30-20(29-11)33-23(37)44-27(7,8)9/h17H,12-16H2,1-11H3,(H2,29,30,33,37)(H,31,32,35,36). The number of hydrogen-bond acceptors (Lipinski definition) is 12. The van der Waals surface area contributed by atoms with Crippen molar-refractivity contribution in [3.05, 3.63) is 0 Å². The van der Waals surface area contributed by atoms with E-state index in [4.69, 9.17) is 28.4 Å². The molecule has 1 aliphatic heterocycles. The van der Waals surface area contributed by atoms with E-state index < -0.39 is 58.7 Å². The Hall–Kier alpha value is -4.11. The van der Waals surface area contributed by atoms with Gasteiger partial charge in [-0.15, -0.1) is 0 Å². The summed E-state index contributed by atoms with van der Waals surface area (Å²) in [6.07, 6.45) is -4.50. The molecule has 0 saturated carbocycles. The van der Waals surface area contributed by atoms with Crippen molar-refractivity contribution < 1.29 is 52.4 Å². The summed E-state index contributed by atoms with van der Waals surface area (Å²) in [6, 6.07) is 0. The summed E-state index contributed by atoms with van der Waals surface area (Å²) >= 11 is 0. The fraction of sp³-hybridized carbons (Fsp3) is 0.750. The number of carbonyl (C=O) groups excluding carboxylic acids is 5. The van der Waals surface area contributed by atoms with Crippen molar-refractivity contribution in [1.29, 1.82) is 0 Å². The number of aliphatic imine (C=N–C) groups is 2. The van der Waals surface area contributed by atoms with Gasteiger partial charge in [-0.2, -0.15) is 4.99 Å². The molecule has 1 unspecified atom stereocenters. The zero-order valence-corrected chi connectivity index (χ0v) is 27.5. The predicted octanol–water partition coefficient (Wildman–Crippen LogP) is 3.81. The molecule has 0 aromatic heterocycles. The summed E-state index contributed by atoms with van der Waals surface area (Å²) in [7, 11) is 1.42. The highest BCUT2D eigenvalue weighted by Crippen LogP contribution is 2.25. The van der Waals surface area contributed by atoms with E-state index >= 15 is 0 Å². The van der Waals surface area contributed by atoms with Crippen LogP contribution in [0.5, 0.6) is 0 Å². The molecule has 1 fully saturated rings. The van der Waals surface area contributed by atoms with Gasteiger partial charge in [-0.25, -0.2) is 19.2 Å². The van der Waals surface area contributed by atoms with Gasteiger partial charge in [0.05, 0.1) is 6.54 Å². The van der Waals surface area contributed by atoms with E-state index in [0.717, 1.165) is 0 Å². The van der Waals surface area contributed by atoms with Crippen molar-refractivity contribution in [2.75, 3.05) is 26.8 Å². The first-order valence-electron chi connectivity index (χ1n) is 14.0. The van der Waals surface area contributed by atoms with Crippen LogP contribution in [-0.2, 0) is 33.2 Å². The maximum Gasteiger partial charge on any atom is 0.508 e. The first kappa shape index (κ1) is 37.9. The number of nitrogens with zero attached hydrogens (tertiary/aromatic N) is 2. The van der Waals surface area contributed by atoms with E-state index in [-0.39, 0.29) is 44.4 Å². The molecule has 0 radical (unpaired) electrons. The van der Waals surface area contributed by atoms with E-state index in [1.807, 2.05) is 0 Å². The van der Waals surface area contributed by atoms with Gasteiger partial charge in [0.25, 0.3) is 0 Å². The summed E-state index contributed by atoms with van der Waals surface area (Å²) in [5.41, 5.74) is -3.74. The fourth-order valence-electron chi connectivity index (χ4n) is 3.18. The average Bonchev–Trinajstić information content (AvgIpc) is 2.82. The number of amides is 3. The molecule has 1 rings (SSSR count). The fourth-order valence-corrected chi connectivity index (χ4v) is 3.18. The van der Waals surface area contributed by atoms with Gasteiger partial charge in [-0.1, -0.05) is 0 Å². The number of esters is 1. The van der Waals surface area contributed by atoms with E-state index in [9.17, 15) is 24.0 Å². The molecule has 1 saturated heterocycles. The number of carbonyl (C=O) groups is 5. The maximum atomic E-state index is 13.2. The summed E-state index contributed by atoms with van der Waals surface area (Å²) in [6.45, 7) is 16.0. The van der Waals surface area contributed by atoms with Crippen molar-refractivity contribution in [1.82, 2.24) is 16.0 Å². The SMILES string of the molecule is CN=C(NCC(CCC(=NC(=O)OC(C)(C)C)NC(=O)OC(C)(C)C)OC(=O)C1(C)COC(=O)OC1)NC(=O)OC(C)(C)C. The molecule has 0 aromatic rings. The van der Waals surface area contributed by atoms with Crippen molar-refractivity contribution in [3.8, 4) is 0 Å². The minimum atomic E-state index is -1.30. The second-order valence-electron chi connectivity index (χ2n) is 13.2. The molecule has 0 spiro atoms. The molecule has 1 aliphatic rings. The first-order chi connectivity index (χ1) is 20.0. The Balaban J connectivity index is 3.18. The molecule has 3 amide bonds. The van der Waals surface area contributed by atoms with Crippen LogP contribution in [0, 0.1) is 5.41 Å². The van der Waals surface area contributed by atoms with Gasteiger partial charge >= 0.3 is 30.4 Å². The zero-order valence-electron chi connectivity index (χ0n) is 27.5. The number of cyclic esters (lactones) is 2. The molecule has 0 aliphatic carbocycles. The van der Waals surface area contributed by atoms with E-state index in [2.05, 4.69) is 25.9 Å². The Labute approximate surface area is 258 Å². The second kappa shape index (κ2) is 15.6. The maximum absolute atomic E-state index is 13.2. The monoisotopic (exact) mass is 629 g/mol. The second-order valence-corrected chi connectivity index (χ2v) is 13.2. The van der Waals surface area contributed by atoms with Crippen molar-refractivity contribution in [3.63, 3.8) is 0 Å². The quantitative estimate of drug-likeness (QED) is 0.159. The smallest absolute Gasteiger partial charge is 0.460 e. The summed E-state index contributed by atoms with van der Waals surface area (Å²) < 4.78 is 31.3. The third kappa shape index (κ3) is 15.9. The largest absolute Gasteiger partial charge is 0.508 e. The number of rotatable bonds is 7. The van der Waals surface area contributed by atoms with Gasteiger partial charge in [0.1, 0.15) is 47.4 Å². The van der Waals surface area contributed by atoms with Gasteiger partial charge in [-0.3, -0.25) is 20.4 Å².